The van der Waals surface area contributed by atoms with Gasteiger partial charge in [-0.05, 0) is 78.9 Å². The maximum atomic E-state index is 12.6. The zero-order chi connectivity index (χ0) is 26.1. The van der Waals surface area contributed by atoms with Crippen LogP contribution in [0.3, 0.4) is 0 Å². The molecule has 1 aromatic heterocycles. The van der Waals surface area contributed by atoms with E-state index in [-0.39, 0.29) is 11.8 Å². The van der Waals surface area contributed by atoms with Crippen molar-refractivity contribution < 1.29 is 9.59 Å². The number of H-pyrrole nitrogens is 1. The lowest BCUT2D eigenvalue weighted by atomic mass is 10.1. The molecule has 0 bridgehead atoms. The molecule has 0 radical (unpaired) electrons. The van der Waals surface area contributed by atoms with E-state index >= 15 is 0 Å². The molecule has 1 heterocycles. The second-order valence-corrected chi connectivity index (χ2v) is 9.04. The molecule has 0 aliphatic heterocycles. The Bertz CT molecular complexity index is 1650. The average Bonchev–Trinajstić information content (AvgIpc) is 3.33. The molecule has 10 heteroatoms. The smallest absolute Gasteiger partial charge is 0.255 e. The molecule has 0 saturated carbocycles. The van der Waals surface area contributed by atoms with Crippen molar-refractivity contribution in [1.82, 2.24) is 9.97 Å². The van der Waals surface area contributed by atoms with Crippen LogP contribution >= 0.6 is 23.2 Å². The van der Waals surface area contributed by atoms with Gasteiger partial charge >= 0.3 is 0 Å². The van der Waals surface area contributed by atoms with Crippen molar-refractivity contribution >= 4 is 68.8 Å². The Balaban J connectivity index is 1.37. The number of carbonyl (C=O) groups is 2. The number of fused-ring (bicyclic) bond motifs is 1. The van der Waals surface area contributed by atoms with E-state index in [1.54, 1.807) is 78.9 Å². The van der Waals surface area contributed by atoms with Gasteiger partial charge in [0.2, 0.25) is 0 Å². The van der Waals surface area contributed by atoms with Crippen LogP contribution in [-0.2, 0) is 0 Å². The van der Waals surface area contributed by atoms with E-state index in [9.17, 15) is 9.59 Å². The summed E-state index contributed by atoms with van der Waals surface area (Å²) < 4.78 is 0. The number of nitrogens with one attached hydrogen (secondary N) is 3. The van der Waals surface area contributed by atoms with Crippen molar-refractivity contribution in [2.45, 2.75) is 0 Å². The molecule has 0 aliphatic carbocycles. The lowest BCUT2D eigenvalue weighted by Crippen LogP contribution is -2.12. The standard InChI is InChI=1S/C27H20Cl2N6O2/c28-19-13-16(5-10-20(19)33-26(36)14-1-6-17(30)7-2-14)25-32-22-12-11-21(23(29)24(22)35-25)34-27(37)15-3-8-18(31)9-4-15/h1-13H,30-31H2,(H,32,35)(H,33,36)(H,34,37). The minimum absolute atomic E-state index is 0.294. The third-order valence-electron chi connectivity index (χ3n) is 5.68. The van der Waals surface area contributed by atoms with E-state index in [0.717, 1.165) is 0 Å². The SMILES string of the molecule is Nc1ccc(C(=O)Nc2ccc(-c3nc4c(Cl)c(NC(=O)c5ccc(N)cc5)ccc4[nH]3)cc2Cl)cc1. The number of anilines is 4. The molecule has 4 aromatic carbocycles. The molecule has 0 spiro atoms. The monoisotopic (exact) mass is 530 g/mol. The van der Waals surface area contributed by atoms with Gasteiger partial charge in [0.1, 0.15) is 11.3 Å². The maximum Gasteiger partial charge on any atom is 0.255 e. The molecule has 0 atom stereocenters. The minimum atomic E-state index is -0.319. The Kier molecular flexibility index (Phi) is 6.43. The number of carbonyl (C=O) groups excluding carboxylic acids is 2. The number of aromatic amines is 1. The van der Waals surface area contributed by atoms with Crippen molar-refractivity contribution in [1.29, 1.82) is 0 Å². The number of nitrogens with two attached hydrogens (primary N) is 2. The lowest BCUT2D eigenvalue weighted by molar-refractivity contribution is 0.101. The van der Waals surface area contributed by atoms with Crippen molar-refractivity contribution in [3.8, 4) is 11.4 Å². The highest BCUT2D eigenvalue weighted by molar-refractivity contribution is 6.38. The number of halogens is 2. The van der Waals surface area contributed by atoms with Crippen LogP contribution < -0.4 is 22.1 Å². The molecule has 5 aromatic rings. The first-order valence-corrected chi connectivity index (χ1v) is 11.9. The Morgan fingerprint density at radius 3 is 1.84 bits per heavy atom. The number of hydrogen-bond acceptors (Lipinski definition) is 5. The highest BCUT2D eigenvalue weighted by Gasteiger charge is 2.16. The van der Waals surface area contributed by atoms with E-state index in [2.05, 4.69) is 20.6 Å². The number of nitrogens with zero attached hydrogens (tertiary/aromatic N) is 1. The zero-order valence-electron chi connectivity index (χ0n) is 19.2. The Labute approximate surface area is 221 Å². The second kappa shape index (κ2) is 9.85. The summed E-state index contributed by atoms with van der Waals surface area (Å²) in [5.41, 5.74) is 16.2. The van der Waals surface area contributed by atoms with Gasteiger partial charge in [-0.15, -0.1) is 0 Å². The number of hydrogen-bond donors (Lipinski definition) is 5. The molecule has 0 unspecified atom stereocenters. The molecular weight excluding hydrogens is 511 g/mol. The van der Waals surface area contributed by atoms with Gasteiger partial charge in [0.15, 0.2) is 0 Å². The van der Waals surface area contributed by atoms with Crippen LogP contribution in [0.5, 0.6) is 0 Å². The number of aromatic nitrogens is 2. The van der Waals surface area contributed by atoms with Crippen LogP contribution in [0.2, 0.25) is 10.0 Å². The van der Waals surface area contributed by atoms with E-state index in [4.69, 9.17) is 34.7 Å². The van der Waals surface area contributed by atoms with Gasteiger partial charge in [-0.2, -0.15) is 0 Å². The Hall–Kier alpha value is -4.53. The molecule has 5 rings (SSSR count). The second-order valence-electron chi connectivity index (χ2n) is 8.26. The number of rotatable bonds is 5. The summed E-state index contributed by atoms with van der Waals surface area (Å²) in [6.45, 7) is 0. The van der Waals surface area contributed by atoms with Crippen molar-refractivity contribution in [2.75, 3.05) is 22.1 Å². The van der Waals surface area contributed by atoms with E-state index in [1.165, 1.54) is 0 Å². The van der Waals surface area contributed by atoms with Gasteiger partial charge < -0.3 is 27.1 Å². The molecule has 0 saturated heterocycles. The van der Waals surface area contributed by atoms with Gasteiger partial charge in [-0.1, -0.05) is 23.2 Å². The quantitative estimate of drug-likeness (QED) is 0.172. The van der Waals surface area contributed by atoms with Crippen molar-refractivity contribution in [3.63, 3.8) is 0 Å². The number of amides is 2. The normalized spacial score (nSPS) is 10.9. The minimum Gasteiger partial charge on any atom is -0.399 e. The van der Waals surface area contributed by atoms with Crippen LogP contribution in [0.1, 0.15) is 20.7 Å². The van der Waals surface area contributed by atoms with Gasteiger partial charge in [0.25, 0.3) is 11.8 Å². The third kappa shape index (κ3) is 5.06. The van der Waals surface area contributed by atoms with Crippen LogP contribution in [0.15, 0.2) is 78.9 Å². The van der Waals surface area contributed by atoms with Gasteiger partial charge in [0.05, 0.1) is 26.9 Å². The average molecular weight is 531 g/mol. The molecule has 8 nitrogen and oxygen atoms in total. The fraction of sp³-hybridized carbons (Fsp3) is 0. The highest BCUT2D eigenvalue weighted by Crippen LogP contribution is 2.34. The lowest BCUT2D eigenvalue weighted by Gasteiger charge is -2.09. The molecular formula is C27H20Cl2N6O2. The summed E-state index contributed by atoms with van der Waals surface area (Å²) in [6, 6.07) is 21.8. The Morgan fingerprint density at radius 2 is 1.27 bits per heavy atom. The molecule has 0 aliphatic rings. The molecule has 7 N–H and O–H groups in total. The van der Waals surface area contributed by atoms with Crippen LogP contribution in [0.4, 0.5) is 22.7 Å². The highest BCUT2D eigenvalue weighted by atomic mass is 35.5. The van der Waals surface area contributed by atoms with Gasteiger partial charge in [-0.3, -0.25) is 9.59 Å². The molecule has 2 amide bonds. The first-order chi connectivity index (χ1) is 17.8. The number of benzene rings is 4. The Morgan fingerprint density at radius 1 is 0.730 bits per heavy atom. The summed E-state index contributed by atoms with van der Waals surface area (Å²) >= 11 is 13.0. The fourth-order valence-corrected chi connectivity index (χ4v) is 4.18. The van der Waals surface area contributed by atoms with Crippen LogP contribution in [0, 0.1) is 0 Å². The van der Waals surface area contributed by atoms with Crippen LogP contribution in [-0.4, -0.2) is 21.8 Å². The first-order valence-electron chi connectivity index (χ1n) is 11.1. The molecule has 0 fully saturated rings. The number of imidazole rings is 1. The van der Waals surface area contributed by atoms with E-state index in [0.29, 0.717) is 66.3 Å². The third-order valence-corrected chi connectivity index (χ3v) is 6.37. The predicted octanol–water partition coefficient (Wildman–Crippen LogP) is 6.21. The summed E-state index contributed by atoms with van der Waals surface area (Å²) in [5.74, 6) is -0.101. The molecule has 184 valence electrons. The summed E-state index contributed by atoms with van der Waals surface area (Å²) in [5, 5.41) is 6.23. The summed E-state index contributed by atoms with van der Waals surface area (Å²) in [4.78, 5) is 32.9. The number of nitrogen functional groups attached to an aromatic ring is 2. The molecule has 37 heavy (non-hydrogen) atoms. The van der Waals surface area contributed by atoms with E-state index in [1.807, 2.05) is 0 Å². The fourth-order valence-electron chi connectivity index (χ4n) is 3.70. The topological polar surface area (TPSA) is 139 Å². The predicted molar refractivity (Wildman–Crippen MR) is 149 cm³/mol. The largest absolute Gasteiger partial charge is 0.399 e. The van der Waals surface area contributed by atoms with Crippen LogP contribution in [0.25, 0.3) is 22.4 Å². The first kappa shape index (κ1) is 24.2. The van der Waals surface area contributed by atoms with E-state index < -0.39 is 0 Å². The summed E-state index contributed by atoms with van der Waals surface area (Å²) in [7, 11) is 0. The van der Waals surface area contributed by atoms with Crippen molar-refractivity contribution in [3.05, 3.63) is 100 Å². The summed E-state index contributed by atoms with van der Waals surface area (Å²) in [6.07, 6.45) is 0. The maximum absolute atomic E-state index is 12.6. The van der Waals surface area contributed by atoms with Gasteiger partial charge in [-0.25, -0.2) is 4.98 Å². The van der Waals surface area contributed by atoms with Gasteiger partial charge in [0, 0.05) is 28.1 Å². The van der Waals surface area contributed by atoms with Crippen molar-refractivity contribution in [2.24, 2.45) is 0 Å². The zero-order valence-corrected chi connectivity index (χ0v) is 20.7.